The maximum absolute atomic E-state index is 10.4. The Labute approximate surface area is 167 Å². The molecule has 1 saturated heterocycles. The van der Waals surface area contributed by atoms with Crippen LogP contribution in [-0.4, -0.2) is 50.4 Å². The summed E-state index contributed by atoms with van der Waals surface area (Å²) in [6.45, 7) is 5.09. The number of para-hydroxylation sites is 1. The van der Waals surface area contributed by atoms with Crippen molar-refractivity contribution in [2.75, 3.05) is 38.2 Å². The normalized spacial score (nSPS) is 18.0. The van der Waals surface area contributed by atoms with E-state index in [4.69, 9.17) is 4.74 Å². The summed E-state index contributed by atoms with van der Waals surface area (Å²) >= 11 is 0. The summed E-state index contributed by atoms with van der Waals surface area (Å²) in [4.78, 5) is 6.97. The van der Waals surface area contributed by atoms with Gasteiger partial charge in [0.25, 0.3) is 0 Å². The van der Waals surface area contributed by atoms with Crippen LogP contribution in [0, 0.1) is 0 Å². The molecular formula is C22H30N4O2. The third-order valence-corrected chi connectivity index (χ3v) is 4.92. The Bertz CT molecular complexity index is 749. The first-order valence-corrected chi connectivity index (χ1v) is 9.86. The number of aliphatic imine (C=N–C) groups is 1. The second kappa shape index (κ2) is 9.99. The lowest BCUT2D eigenvalue weighted by Crippen LogP contribution is -2.44. The van der Waals surface area contributed by atoms with Crippen molar-refractivity contribution in [3.63, 3.8) is 0 Å². The smallest absolute Gasteiger partial charge is 0.191 e. The molecule has 1 aliphatic rings. The topological polar surface area (TPSA) is 69.1 Å². The summed E-state index contributed by atoms with van der Waals surface area (Å²) in [5.41, 5.74) is 2.08. The minimum Gasteiger partial charge on any atom is -0.497 e. The van der Waals surface area contributed by atoms with Crippen LogP contribution in [0.25, 0.3) is 0 Å². The van der Waals surface area contributed by atoms with Crippen LogP contribution in [0.4, 0.5) is 5.69 Å². The van der Waals surface area contributed by atoms with Crippen molar-refractivity contribution in [3.05, 3.63) is 60.2 Å². The maximum atomic E-state index is 10.4. The highest BCUT2D eigenvalue weighted by Gasteiger charge is 2.23. The molecule has 0 aliphatic carbocycles. The average molecular weight is 383 g/mol. The molecule has 0 aromatic heterocycles. The minimum atomic E-state index is -0.647. The number of anilines is 1. The number of aliphatic hydroxyl groups is 1. The van der Waals surface area contributed by atoms with Crippen molar-refractivity contribution in [2.24, 2.45) is 4.99 Å². The van der Waals surface area contributed by atoms with Gasteiger partial charge in [0.2, 0.25) is 0 Å². The zero-order valence-electron chi connectivity index (χ0n) is 16.6. The number of guanidine groups is 1. The Kier molecular flexibility index (Phi) is 7.14. The fraction of sp³-hybridized carbons (Fsp3) is 0.409. The molecule has 0 saturated carbocycles. The molecule has 1 heterocycles. The lowest BCUT2D eigenvalue weighted by molar-refractivity contribution is 0.187. The lowest BCUT2D eigenvalue weighted by Gasteiger charge is -2.20. The highest BCUT2D eigenvalue weighted by atomic mass is 16.5. The van der Waals surface area contributed by atoms with Gasteiger partial charge in [0.1, 0.15) is 5.75 Å². The SMILES string of the molecule is CCNC(=NCC(O)c1ccc(OC)cc1)NC1CCN(c2ccccc2)C1. The molecule has 1 fully saturated rings. The van der Waals surface area contributed by atoms with E-state index in [1.54, 1.807) is 7.11 Å². The summed E-state index contributed by atoms with van der Waals surface area (Å²) in [5, 5.41) is 17.2. The van der Waals surface area contributed by atoms with Crippen LogP contribution < -0.4 is 20.3 Å². The van der Waals surface area contributed by atoms with Gasteiger partial charge < -0.3 is 25.4 Å². The van der Waals surface area contributed by atoms with Crippen LogP contribution in [0.2, 0.25) is 0 Å². The van der Waals surface area contributed by atoms with Gasteiger partial charge >= 0.3 is 0 Å². The highest BCUT2D eigenvalue weighted by Crippen LogP contribution is 2.20. The van der Waals surface area contributed by atoms with Crippen LogP contribution in [0.3, 0.4) is 0 Å². The number of benzene rings is 2. The molecule has 0 spiro atoms. The standard InChI is InChI=1S/C22H30N4O2/c1-3-23-22(24-15-21(27)17-9-11-20(28-2)12-10-17)25-18-13-14-26(16-18)19-7-5-4-6-8-19/h4-12,18,21,27H,3,13-16H2,1-2H3,(H2,23,24,25). The summed E-state index contributed by atoms with van der Waals surface area (Å²) in [7, 11) is 1.63. The van der Waals surface area contributed by atoms with Gasteiger partial charge in [-0.15, -0.1) is 0 Å². The van der Waals surface area contributed by atoms with E-state index in [0.717, 1.165) is 43.3 Å². The van der Waals surface area contributed by atoms with E-state index in [1.807, 2.05) is 37.3 Å². The number of methoxy groups -OCH3 is 1. The number of hydrogen-bond acceptors (Lipinski definition) is 4. The quantitative estimate of drug-likeness (QED) is 0.507. The summed E-state index contributed by atoms with van der Waals surface area (Å²) in [6.07, 6.45) is 0.408. The zero-order valence-corrected chi connectivity index (χ0v) is 16.6. The van der Waals surface area contributed by atoms with Gasteiger partial charge in [-0.2, -0.15) is 0 Å². The first-order chi connectivity index (χ1) is 13.7. The van der Waals surface area contributed by atoms with E-state index >= 15 is 0 Å². The lowest BCUT2D eigenvalue weighted by atomic mass is 10.1. The van der Waals surface area contributed by atoms with Crippen LogP contribution in [0.1, 0.15) is 25.0 Å². The molecule has 3 rings (SSSR count). The van der Waals surface area contributed by atoms with E-state index < -0.39 is 6.10 Å². The Morgan fingerprint density at radius 2 is 1.96 bits per heavy atom. The Morgan fingerprint density at radius 3 is 2.64 bits per heavy atom. The first kappa shape index (κ1) is 20.0. The van der Waals surface area contributed by atoms with Gasteiger partial charge in [0.15, 0.2) is 5.96 Å². The fourth-order valence-electron chi connectivity index (χ4n) is 3.37. The van der Waals surface area contributed by atoms with Crippen molar-refractivity contribution < 1.29 is 9.84 Å². The van der Waals surface area contributed by atoms with Crippen LogP contribution in [0.5, 0.6) is 5.75 Å². The van der Waals surface area contributed by atoms with Crippen LogP contribution >= 0.6 is 0 Å². The third-order valence-electron chi connectivity index (χ3n) is 4.92. The monoisotopic (exact) mass is 382 g/mol. The summed E-state index contributed by atoms with van der Waals surface area (Å²) in [5.74, 6) is 1.52. The average Bonchev–Trinajstić information content (AvgIpc) is 3.21. The fourth-order valence-corrected chi connectivity index (χ4v) is 3.37. The molecule has 150 valence electrons. The second-order valence-electron chi connectivity index (χ2n) is 6.92. The molecule has 1 aliphatic heterocycles. The van der Waals surface area contributed by atoms with Gasteiger partial charge in [-0.05, 0) is 43.2 Å². The van der Waals surface area contributed by atoms with E-state index in [1.165, 1.54) is 5.69 Å². The number of nitrogens with zero attached hydrogens (tertiary/aromatic N) is 2. The molecule has 6 nitrogen and oxygen atoms in total. The van der Waals surface area contributed by atoms with Gasteiger partial charge in [0.05, 0.1) is 19.8 Å². The number of aliphatic hydroxyl groups excluding tert-OH is 1. The van der Waals surface area contributed by atoms with Crippen LogP contribution in [-0.2, 0) is 0 Å². The van der Waals surface area contributed by atoms with Gasteiger partial charge in [0, 0.05) is 31.4 Å². The first-order valence-electron chi connectivity index (χ1n) is 9.86. The molecule has 0 bridgehead atoms. The van der Waals surface area contributed by atoms with E-state index in [2.05, 4.69) is 44.8 Å². The molecule has 6 heteroatoms. The van der Waals surface area contributed by atoms with Crippen molar-refractivity contribution in [3.8, 4) is 5.75 Å². The number of nitrogens with one attached hydrogen (secondary N) is 2. The van der Waals surface area contributed by atoms with Crippen molar-refractivity contribution >= 4 is 11.6 Å². The molecular weight excluding hydrogens is 352 g/mol. The van der Waals surface area contributed by atoms with Gasteiger partial charge in [-0.1, -0.05) is 30.3 Å². The third kappa shape index (κ3) is 5.39. The second-order valence-corrected chi connectivity index (χ2v) is 6.92. The zero-order chi connectivity index (χ0) is 19.8. The molecule has 2 aromatic rings. The van der Waals surface area contributed by atoms with E-state index in [0.29, 0.717) is 12.6 Å². The molecule has 2 aromatic carbocycles. The predicted octanol–water partition coefficient (Wildman–Crippen LogP) is 2.56. The van der Waals surface area contributed by atoms with Crippen molar-refractivity contribution in [1.29, 1.82) is 0 Å². The Morgan fingerprint density at radius 1 is 1.21 bits per heavy atom. The molecule has 2 unspecified atom stereocenters. The Balaban J connectivity index is 1.56. The number of hydrogen-bond donors (Lipinski definition) is 3. The summed E-state index contributed by atoms with van der Waals surface area (Å²) < 4.78 is 5.16. The van der Waals surface area contributed by atoms with Crippen LogP contribution in [0.15, 0.2) is 59.6 Å². The predicted molar refractivity (Wildman–Crippen MR) is 114 cm³/mol. The Hall–Kier alpha value is -2.73. The number of ether oxygens (including phenoxy) is 1. The van der Waals surface area contributed by atoms with Crippen molar-refractivity contribution in [2.45, 2.75) is 25.5 Å². The largest absolute Gasteiger partial charge is 0.497 e. The highest BCUT2D eigenvalue weighted by molar-refractivity contribution is 5.80. The molecule has 0 amide bonds. The molecule has 3 N–H and O–H groups in total. The van der Waals surface area contributed by atoms with Gasteiger partial charge in [-0.3, -0.25) is 4.99 Å². The van der Waals surface area contributed by atoms with E-state index in [9.17, 15) is 5.11 Å². The molecule has 28 heavy (non-hydrogen) atoms. The minimum absolute atomic E-state index is 0.302. The summed E-state index contributed by atoms with van der Waals surface area (Å²) in [6, 6.07) is 18.2. The molecule has 2 atom stereocenters. The van der Waals surface area contributed by atoms with E-state index in [-0.39, 0.29) is 0 Å². The van der Waals surface area contributed by atoms with Gasteiger partial charge in [-0.25, -0.2) is 0 Å². The number of rotatable bonds is 7. The molecule has 0 radical (unpaired) electrons. The van der Waals surface area contributed by atoms with Crippen molar-refractivity contribution in [1.82, 2.24) is 10.6 Å². The maximum Gasteiger partial charge on any atom is 0.191 e.